The summed E-state index contributed by atoms with van der Waals surface area (Å²) in [5.41, 5.74) is 3.18. The standard InChI is InChI=1S/C22H32N4O2S/c1-15-19(14-24-10-9-23-17(24)3)29-21-20(15)16(2)25(11-12-28-4)22(27)26(21)13-18-7-5-6-8-18/h18,23H,2-3,5-14H2,1,4H3. The number of hydrogen-bond acceptors (Lipinski definition) is 5. The van der Waals surface area contributed by atoms with Crippen LogP contribution in [0.3, 0.4) is 0 Å². The molecule has 4 rings (SSSR count). The van der Waals surface area contributed by atoms with Gasteiger partial charge in [0.1, 0.15) is 5.00 Å². The number of rotatable bonds is 7. The van der Waals surface area contributed by atoms with Crippen LogP contribution in [0, 0.1) is 12.8 Å². The molecule has 1 N–H and O–H groups in total. The van der Waals surface area contributed by atoms with Crippen molar-refractivity contribution in [3.63, 3.8) is 0 Å². The maximum absolute atomic E-state index is 13.4. The fourth-order valence-electron chi connectivity index (χ4n) is 4.66. The van der Waals surface area contributed by atoms with Crippen molar-refractivity contribution in [3.8, 4) is 0 Å². The second-order valence-corrected chi connectivity index (χ2v) is 9.34. The van der Waals surface area contributed by atoms with Crippen molar-refractivity contribution in [3.05, 3.63) is 35.0 Å². The van der Waals surface area contributed by atoms with Crippen LogP contribution in [0.5, 0.6) is 0 Å². The minimum atomic E-state index is 0.0477. The van der Waals surface area contributed by atoms with Gasteiger partial charge in [-0.2, -0.15) is 0 Å². The molecule has 3 aliphatic rings. The lowest BCUT2D eigenvalue weighted by Crippen LogP contribution is -2.48. The van der Waals surface area contributed by atoms with Crippen molar-refractivity contribution in [2.45, 2.75) is 39.2 Å². The zero-order valence-corrected chi connectivity index (χ0v) is 18.4. The Balaban J connectivity index is 1.67. The molecule has 158 valence electrons. The molecule has 3 heterocycles. The van der Waals surface area contributed by atoms with Crippen LogP contribution >= 0.6 is 11.3 Å². The average molecular weight is 417 g/mol. The third-order valence-electron chi connectivity index (χ3n) is 6.41. The Morgan fingerprint density at radius 1 is 1.24 bits per heavy atom. The first-order chi connectivity index (χ1) is 14.0. The molecule has 1 aromatic rings. The lowest BCUT2D eigenvalue weighted by atomic mass is 10.0. The molecule has 7 heteroatoms. The maximum Gasteiger partial charge on any atom is 0.329 e. The zero-order chi connectivity index (χ0) is 20.5. The number of nitrogens with one attached hydrogen (secondary N) is 1. The van der Waals surface area contributed by atoms with Crippen molar-refractivity contribution in [1.82, 2.24) is 15.1 Å². The molecule has 0 aromatic carbocycles. The van der Waals surface area contributed by atoms with E-state index in [9.17, 15) is 4.79 Å². The van der Waals surface area contributed by atoms with E-state index < -0.39 is 0 Å². The first-order valence-corrected chi connectivity index (χ1v) is 11.4. The first kappa shape index (κ1) is 20.3. The summed E-state index contributed by atoms with van der Waals surface area (Å²) in [5.74, 6) is 1.58. The molecule has 0 unspecified atom stereocenters. The van der Waals surface area contributed by atoms with Crippen LogP contribution in [0.25, 0.3) is 5.70 Å². The minimum absolute atomic E-state index is 0.0477. The predicted octanol–water partition coefficient (Wildman–Crippen LogP) is 3.98. The van der Waals surface area contributed by atoms with Crippen molar-refractivity contribution in [1.29, 1.82) is 0 Å². The summed E-state index contributed by atoms with van der Waals surface area (Å²) in [6.07, 6.45) is 4.99. The minimum Gasteiger partial charge on any atom is -0.383 e. The smallest absolute Gasteiger partial charge is 0.329 e. The highest BCUT2D eigenvalue weighted by atomic mass is 32.1. The fraction of sp³-hybridized carbons (Fsp3) is 0.591. The summed E-state index contributed by atoms with van der Waals surface area (Å²) in [6, 6.07) is 0.0477. The zero-order valence-electron chi connectivity index (χ0n) is 17.6. The molecule has 1 saturated heterocycles. The van der Waals surface area contributed by atoms with E-state index in [2.05, 4.69) is 30.3 Å². The topological polar surface area (TPSA) is 48.1 Å². The predicted molar refractivity (Wildman–Crippen MR) is 119 cm³/mol. The number of urea groups is 1. The van der Waals surface area contributed by atoms with Gasteiger partial charge in [-0.3, -0.25) is 9.80 Å². The van der Waals surface area contributed by atoms with Crippen LogP contribution in [0.2, 0.25) is 0 Å². The SMILES string of the molecule is C=C1NCCN1Cc1sc2c(c1C)C(=C)N(CCOC)C(=O)N2CC1CCCC1. The number of anilines is 1. The van der Waals surface area contributed by atoms with Crippen LogP contribution < -0.4 is 10.2 Å². The largest absolute Gasteiger partial charge is 0.383 e. The third kappa shape index (κ3) is 3.78. The Morgan fingerprint density at radius 3 is 2.66 bits per heavy atom. The number of ether oxygens (including phenoxy) is 1. The molecule has 1 aromatic heterocycles. The van der Waals surface area contributed by atoms with Gasteiger partial charge in [0, 0.05) is 42.9 Å². The first-order valence-electron chi connectivity index (χ1n) is 10.6. The molecule has 1 saturated carbocycles. The molecule has 6 nitrogen and oxygen atoms in total. The van der Waals surface area contributed by atoms with E-state index in [-0.39, 0.29) is 6.03 Å². The molecule has 0 bridgehead atoms. The van der Waals surface area contributed by atoms with Crippen molar-refractivity contribution in [2.75, 3.05) is 44.8 Å². The Morgan fingerprint density at radius 2 is 2.00 bits per heavy atom. The molecule has 0 radical (unpaired) electrons. The van der Waals surface area contributed by atoms with Gasteiger partial charge in [-0.15, -0.1) is 11.3 Å². The highest BCUT2D eigenvalue weighted by Gasteiger charge is 2.38. The van der Waals surface area contributed by atoms with Gasteiger partial charge in [-0.25, -0.2) is 4.79 Å². The van der Waals surface area contributed by atoms with Crippen LogP contribution in [-0.2, 0) is 11.3 Å². The molecular weight excluding hydrogens is 384 g/mol. The van der Waals surface area contributed by atoms with E-state index in [1.54, 1.807) is 23.3 Å². The molecule has 2 fully saturated rings. The summed E-state index contributed by atoms with van der Waals surface area (Å²) >= 11 is 1.75. The molecular formula is C22H32N4O2S. The van der Waals surface area contributed by atoms with Gasteiger partial charge in [0.05, 0.1) is 25.5 Å². The van der Waals surface area contributed by atoms with E-state index in [1.165, 1.54) is 36.1 Å². The number of hydrogen-bond donors (Lipinski definition) is 1. The summed E-state index contributed by atoms with van der Waals surface area (Å²) in [6.45, 7) is 15.2. The maximum atomic E-state index is 13.4. The highest BCUT2D eigenvalue weighted by molar-refractivity contribution is 7.17. The molecule has 2 aliphatic heterocycles. The Labute approximate surface area is 177 Å². The van der Waals surface area contributed by atoms with Gasteiger partial charge in [0.25, 0.3) is 0 Å². The number of thiophene rings is 1. The normalized spacial score (nSPS) is 20.1. The number of fused-ring (bicyclic) bond motifs is 1. The van der Waals surface area contributed by atoms with E-state index in [0.29, 0.717) is 19.1 Å². The molecule has 2 amide bonds. The lowest BCUT2D eigenvalue weighted by Gasteiger charge is -2.38. The van der Waals surface area contributed by atoms with Gasteiger partial charge in [0.2, 0.25) is 0 Å². The Kier molecular flexibility index (Phi) is 5.88. The second-order valence-electron chi connectivity index (χ2n) is 8.26. The highest BCUT2D eigenvalue weighted by Crippen LogP contribution is 2.46. The number of carbonyl (C=O) groups is 1. The van der Waals surface area contributed by atoms with E-state index >= 15 is 0 Å². The monoisotopic (exact) mass is 416 g/mol. The van der Waals surface area contributed by atoms with E-state index in [0.717, 1.165) is 48.3 Å². The van der Waals surface area contributed by atoms with Crippen LogP contribution in [0.15, 0.2) is 19.0 Å². The molecule has 29 heavy (non-hydrogen) atoms. The van der Waals surface area contributed by atoms with Crippen molar-refractivity contribution in [2.24, 2.45) is 5.92 Å². The van der Waals surface area contributed by atoms with Crippen LogP contribution in [-0.4, -0.2) is 55.7 Å². The second kappa shape index (κ2) is 8.40. The molecule has 0 atom stereocenters. The van der Waals surface area contributed by atoms with E-state index in [4.69, 9.17) is 4.74 Å². The average Bonchev–Trinajstić information content (AvgIpc) is 3.42. The lowest BCUT2D eigenvalue weighted by molar-refractivity contribution is 0.170. The molecule has 1 aliphatic carbocycles. The number of carbonyl (C=O) groups excluding carboxylic acids is 1. The molecule has 0 spiro atoms. The summed E-state index contributed by atoms with van der Waals surface area (Å²) in [5, 5.41) is 4.38. The quantitative estimate of drug-likeness (QED) is 0.730. The Bertz CT molecular complexity index is 812. The van der Waals surface area contributed by atoms with Gasteiger partial charge < -0.3 is 15.0 Å². The van der Waals surface area contributed by atoms with Gasteiger partial charge in [-0.1, -0.05) is 26.0 Å². The van der Waals surface area contributed by atoms with Gasteiger partial charge in [-0.05, 0) is 31.2 Å². The van der Waals surface area contributed by atoms with Crippen LogP contribution in [0.4, 0.5) is 9.80 Å². The summed E-state index contributed by atoms with van der Waals surface area (Å²) in [4.78, 5) is 20.8. The summed E-state index contributed by atoms with van der Waals surface area (Å²) in [7, 11) is 1.67. The number of amides is 2. The number of methoxy groups -OCH3 is 1. The van der Waals surface area contributed by atoms with Gasteiger partial charge in [0.15, 0.2) is 0 Å². The number of nitrogens with zero attached hydrogens (tertiary/aromatic N) is 3. The van der Waals surface area contributed by atoms with Crippen molar-refractivity contribution >= 4 is 28.1 Å². The summed E-state index contributed by atoms with van der Waals surface area (Å²) < 4.78 is 5.26. The van der Waals surface area contributed by atoms with E-state index in [1.807, 2.05) is 4.90 Å². The Hall–Kier alpha value is -1.99. The van der Waals surface area contributed by atoms with Crippen LogP contribution in [0.1, 0.15) is 41.7 Å². The van der Waals surface area contributed by atoms with Crippen molar-refractivity contribution < 1.29 is 9.53 Å². The van der Waals surface area contributed by atoms with Gasteiger partial charge >= 0.3 is 6.03 Å². The third-order valence-corrected chi connectivity index (χ3v) is 7.71. The fourth-order valence-corrected chi connectivity index (χ4v) is 6.01.